The van der Waals surface area contributed by atoms with Crippen LogP contribution in [0, 0.1) is 10.1 Å². The van der Waals surface area contributed by atoms with Gasteiger partial charge in [0.2, 0.25) is 0 Å². The number of nitro benzene ring substituents is 1. The van der Waals surface area contributed by atoms with Crippen molar-refractivity contribution in [1.29, 1.82) is 0 Å². The Bertz CT molecular complexity index is 668. The number of non-ortho nitro benzene ring substituents is 1. The third-order valence-corrected chi connectivity index (χ3v) is 4.54. The van der Waals surface area contributed by atoms with E-state index in [1.165, 1.54) is 17.7 Å². The maximum Gasteiger partial charge on any atom is 0.269 e. The second kappa shape index (κ2) is 7.40. The van der Waals surface area contributed by atoms with Gasteiger partial charge in [0.05, 0.1) is 4.92 Å². The van der Waals surface area contributed by atoms with Crippen molar-refractivity contribution in [2.75, 3.05) is 13.1 Å². The minimum Gasteiger partial charge on any atom is -0.490 e. The van der Waals surface area contributed by atoms with Gasteiger partial charge in [0, 0.05) is 43.7 Å². The van der Waals surface area contributed by atoms with Gasteiger partial charge < -0.3 is 4.74 Å². The number of piperidine rings is 1. The monoisotopic (exact) mass is 327 g/mol. The smallest absolute Gasteiger partial charge is 0.269 e. The zero-order valence-electron chi connectivity index (χ0n) is 13.7. The van der Waals surface area contributed by atoms with E-state index in [4.69, 9.17) is 4.74 Å². The maximum atomic E-state index is 10.7. The fourth-order valence-electron chi connectivity index (χ4n) is 3.05. The molecule has 6 heteroatoms. The predicted molar refractivity (Wildman–Crippen MR) is 91.0 cm³/mol. The number of hydrogen-bond donors (Lipinski definition) is 0. The van der Waals surface area contributed by atoms with Gasteiger partial charge in [-0.15, -0.1) is 0 Å². The van der Waals surface area contributed by atoms with Crippen LogP contribution in [-0.4, -0.2) is 34.0 Å². The molecule has 2 heterocycles. The lowest BCUT2D eigenvalue weighted by Gasteiger charge is -2.36. The van der Waals surface area contributed by atoms with E-state index in [0.717, 1.165) is 25.9 Å². The zero-order chi connectivity index (χ0) is 16.9. The highest BCUT2D eigenvalue weighted by Gasteiger charge is 2.24. The molecule has 0 N–H and O–H groups in total. The number of benzene rings is 1. The molecule has 2 aromatic rings. The van der Waals surface area contributed by atoms with Gasteiger partial charge in [-0.25, -0.2) is 0 Å². The van der Waals surface area contributed by atoms with E-state index in [2.05, 4.69) is 22.9 Å². The van der Waals surface area contributed by atoms with Crippen molar-refractivity contribution in [2.24, 2.45) is 0 Å². The van der Waals surface area contributed by atoms with Gasteiger partial charge in [-0.2, -0.15) is 0 Å². The molecular weight excluding hydrogens is 306 g/mol. The summed E-state index contributed by atoms with van der Waals surface area (Å²) in [6, 6.07) is 10.7. The van der Waals surface area contributed by atoms with Gasteiger partial charge in [0.25, 0.3) is 5.69 Å². The molecule has 1 saturated heterocycles. The SMILES string of the molecule is C[C@@H](c1cccnc1)N1CCC(Oc2ccc([N+](=O)[O-])cc2)CC1. The van der Waals surface area contributed by atoms with E-state index < -0.39 is 4.92 Å². The molecular formula is C18H21N3O3. The number of aromatic nitrogens is 1. The second-order valence-corrected chi connectivity index (χ2v) is 6.07. The highest BCUT2D eigenvalue weighted by Crippen LogP contribution is 2.26. The molecule has 0 amide bonds. The molecule has 6 nitrogen and oxygen atoms in total. The van der Waals surface area contributed by atoms with Crippen molar-refractivity contribution in [3.63, 3.8) is 0 Å². The molecule has 0 aliphatic carbocycles. The first-order chi connectivity index (χ1) is 11.6. The predicted octanol–water partition coefficient (Wildman–Crippen LogP) is 3.59. The summed E-state index contributed by atoms with van der Waals surface area (Å²) in [5.74, 6) is 0.694. The summed E-state index contributed by atoms with van der Waals surface area (Å²) in [5, 5.41) is 10.7. The minimum absolute atomic E-state index is 0.0856. The number of ether oxygens (including phenoxy) is 1. The maximum absolute atomic E-state index is 10.7. The third-order valence-electron chi connectivity index (χ3n) is 4.54. The summed E-state index contributed by atoms with van der Waals surface area (Å²) in [7, 11) is 0. The summed E-state index contributed by atoms with van der Waals surface area (Å²) >= 11 is 0. The lowest BCUT2D eigenvalue weighted by atomic mass is 10.0. The van der Waals surface area contributed by atoms with Crippen molar-refractivity contribution in [2.45, 2.75) is 31.9 Å². The largest absolute Gasteiger partial charge is 0.490 e. The zero-order valence-corrected chi connectivity index (χ0v) is 13.7. The summed E-state index contributed by atoms with van der Waals surface area (Å²) in [4.78, 5) is 16.9. The highest BCUT2D eigenvalue weighted by atomic mass is 16.6. The van der Waals surface area contributed by atoms with E-state index in [1.807, 2.05) is 12.3 Å². The molecule has 0 unspecified atom stereocenters. The Kier molecular flexibility index (Phi) is 5.05. The molecule has 1 aromatic carbocycles. The van der Waals surface area contributed by atoms with Gasteiger partial charge in [0.1, 0.15) is 11.9 Å². The van der Waals surface area contributed by atoms with E-state index in [0.29, 0.717) is 11.8 Å². The molecule has 0 bridgehead atoms. The summed E-state index contributed by atoms with van der Waals surface area (Å²) in [5.41, 5.74) is 1.31. The first kappa shape index (κ1) is 16.4. The van der Waals surface area contributed by atoms with E-state index in [9.17, 15) is 10.1 Å². The second-order valence-electron chi connectivity index (χ2n) is 6.07. The van der Waals surface area contributed by atoms with Crippen molar-refractivity contribution >= 4 is 5.69 Å². The Hall–Kier alpha value is -2.47. The van der Waals surface area contributed by atoms with Crippen LogP contribution in [0.2, 0.25) is 0 Å². The molecule has 1 atom stereocenters. The van der Waals surface area contributed by atoms with Gasteiger partial charge in [-0.3, -0.25) is 20.0 Å². The van der Waals surface area contributed by atoms with Crippen LogP contribution in [0.3, 0.4) is 0 Å². The number of nitro groups is 1. The Balaban J connectivity index is 1.52. The molecule has 24 heavy (non-hydrogen) atoms. The fraction of sp³-hybridized carbons (Fsp3) is 0.389. The van der Waals surface area contributed by atoms with E-state index in [-0.39, 0.29) is 11.8 Å². The number of hydrogen-bond acceptors (Lipinski definition) is 5. The molecule has 3 rings (SSSR count). The fourth-order valence-corrected chi connectivity index (χ4v) is 3.05. The molecule has 0 saturated carbocycles. The topological polar surface area (TPSA) is 68.5 Å². The Morgan fingerprint density at radius 2 is 1.96 bits per heavy atom. The quantitative estimate of drug-likeness (QED) is 0.620. The van der Waals surface area contributed by atoms with Crippen LogP contribution in [0.25, 0.3) is 0 Å². The van der Waals surface area contributed by atoms with Crippen molar-refractivity contribution in [1.82, 2.24) is 9.88 Å². The van der Waals surface area contributed by atoms with Gasteiger partial charge >= 0.3 is 0 Å². The molecule has 1 aliphatic heterocycles. The highest BCUT2D eigenvalue weighted by molar-refractivity contribution is 5.36. The number of likely N-dealkylation sites (tertiary alicyclic amines) is 1. The van der Waals surface area contributed by atoms with Gasteiger partial charge in [-0.1, -0.05) is 6.07 Å². The number of rotatable bonds is 5. The Labute approximate surface area is 141 Å². The van der Waals surface area contributed by atoms with Crippen molar-refractivity contribution in [3.8, 4) is 5.75 Å². The summed E-state index contributed by atoms with van der Waals surface area (Å²) in [6.07, 6.45) is 5.76. The molecule has 0 radical (unpaired) electrons. The van der Waals surface area contributed by atoms with Gasteiger partial charge in [0.15, 0.2) is 0 Å². The van der Waals surface area contributed by atoms with Crippen LogP contribution < -0.4 is 4.74 Å². The van der Waals surface area contributed by atoms with E-state index in [1.54, 1.807) is 18.3 Å². The molecule has 1 aromatic heterocycles. The number of nitrogens with zero attached hydrogens (tertiary/aromatic N) is 3. The van der Waals surface area contributed by atoms with Crippen LogP contribution in [0.4, 0.5) is 5.69 Å². The summed E-state index contributed by atoms with van der Waals surface area (Å²) < 4.78 is 5.96. The average Bonchev–Trinajstić information content (AvgIpc) is 2.63. The lowest BCUT2D eigenvalue weighted by Crippen LogP contribution is -2.39. The Morgan fingerprint density at radius 3 is 2.54 bits per heavy atom. The van der Waals surface area contributed by atoms with Crippen LogP contribution in [0.1, 0.15) is 31.4 Å². The van der Waals surface area contributed by atoms with E-state index >= 15 is 0 Å². The van der Waals surface area contributed by atoms with Crippen molar-refractivity contribution < 1.29 is 9.66 Å². The van der Waals surface area contributed by atoms with Crippen LogP contribution in [0.5, 0.6) is 5.75 Å². The van der Waals surface area contributed by atoms with Crippen LogP contribution >= 0.6 is 0 Å². The normalized spacial score (nSPS) is 17.4. The lowest BCUT2D eigenvalue weighted by molar-refractivity contribution is -0.384. The first-order valence-electron chi connectivity index (χ1n) is 8.18. The Morgan fingerprint density at radius 1 is 1.25 bits per heavy atom. The summed E-state index contributed by atoms with van der Waals surface area (Å²) in [6.45, 7) is 4.13. The molecule has 126 valence electrons. The minimum atomic E-state index is -0.401. The number of pyridine rings is 1. The van der Waals surface area contributed by atoms with Gasteiger partial charge in [-0.05, 0) is 43.5 Å². The first-order valence-corrected chi connectivity index (χ1v) is 8.18. The third kappa shape index (κ3) is 3.89. The van der Waals surface area contributed by atoms with Crippen LogP contribution in [-0.2, 0) is 0 Å². The van der Waals surface area contributed by atoms with Crippen molar-refractivity contribution in [3.05, 3.63) is 64.5 Å². The average molecular weight is 327 g/mol. The molecule has 0 spiro atoms. The molecule has 1 aliphatic rings. The standard InChI is InChI=1S/C18H21N3O3/c1-14(15-3-2-10-19-13-15)20-11-8-18(9-12-20)24-17-6-4-16(5-7-17)21(22)23/h2-7,10,13-14,18H,8-9,11-12H2,1H3/t14-/m0/s1. The molecule has 1 fully saturated rings. The van der Waals surface area contributed by atoms with Crippen LogP contribution in [0.15, 0.2) is 48.8 Å².